The molecule has 4 N–H and O–H groups in total. The topological polar surface area (TPSA) is 118 Å². The van der Waals surface area contributed by atoms with Gasteiger partial charge in [0.1, 0.15) is 23.1 Å². The van der Waals surface area contributed by atoms with Crippen LogP contribution in [0, 0.1) is 11.8 Å². The third kappa shape index (κ3) is 4.39. The van der Waals surface area contributed by atoms with Crippen molar-refractivity contribution < 1.29 is 24.6 Å². The van der Waals surface area contributed by atoms with Gasteiger partial charge in [-0.25, -0.2) is 0 Å². The van der Waals surface area contributed by atoms with Gasteiger partial charge in [0.05, 0.1) is 18.4 Å². The van der Waals surface area contributed by atoms with E-state index in [2.05, 4.69) is 0 Å². The molecule has 1 rings (SSSR count). The summed E-state index contributed by atoms with van der Waals surface area (Å²) in [4.78, 5) is 35.0. The average Bonchev–Trinajstić information content (AvgIpc) is 2.43. The fraction of sp³-hybridized carbons (Fsp3) is 0.438. The predicted octanol–water partition coefficient (Wildman–Crippen LogP) is 1.40. The van der Waals surface area contributed by atoms with Gasteiger partial charge in [-0.15, -0.1) is 0 Å². The summed E-state index contributed by atoms with van der Waals surface area (Å²) >= 11 is 0. The van der Waals surface area contributed by atoms with Gasteiger partial charge < -0.3 is 15.9 Å². The van der Waals surface area contributed by atoms with Crippen molar-refractivity contribution in [2.45, 2.75) is 33.3 Å². The molecule has 1 aromatic rings. The summed E-state index contributed by atoms with van der Waals surface area (Å²) in [6.45, 7) is 4.23. The smallest absolute Gasteiger partial charge is 0.150 e. The van der Waals surface area contributed by atoms with Gasteiger partial charge in [-0.05, 0) is 31.5 Å². The number of hydrogen-bond acceptors (Lipinski definition) is 6. The number of nitrogen functional groups attached to an aromatic ring is 1. The fourth-order valence-electron chi connectivity index (χ4n) is 2.01. The van der Waals surface area contributed by atoms with E-state index >= 15 is 0 Å². The van der Waals surface area contributed by atoms with Crippen LogP contribution in [0.1, 0.15) is 38.9 Å². The normalized spacial score (nSPS) is 14.9. The quantitative estimate of drug-likeness (QED) is 0.517. The Balaban J connectivity index is 2.81. The van der Waals surface area contributed by atoms with Crippen molar-refractivity contribution in [3.8, 4) is 5.75 Å². The van der Waals surface area contributed by atoms with Crippen molar-refractivity contribution in [1.82, 2.24) is 0 Å². The van der Waals surface area contributed by atoms with E-state index in [-0.39, 0.29) is 17.2 Å². The van der Waals surface area contributed by atoms with E-state index < -0.39 is 35.9 Å². The van der Waals surface area contributed by atoms with Crippen LogP contribution in [0.25, 0.3) is 0 Å². The summed E-state index contributed by atoms with van der Waals surface area (Å²) in [6, 6.07) is 4.08. The molecule has 0 fully saturated rings. The summed E-state index contributed by atoms with van der Waals surface area (Å²) < 4.78 is 0. The second-order valence-corrected chi connectivity index (χ2v) is 5.53. The van der Waals surface area contributed by atoms with Crippen LogP contribution in [0.15, 0.2) is 18.2 Å². The molecule has 3 unspecified atom stereocenters. The summed E-state index contributed by atoms with van der Waals surface area (Å²) in [6.07, 6.45) is -1.60. The SMILES string of the molecule is CC(=O)C(C)C(=O)CC(=O)C(C)C(O)c1cc(N)cc(O)c1. The standard InChI is InChI=1S/C16H21NO5/c1-8(10(3)18)14(20)7-15(21)9(2)16(22)11-4-12(17)6-13(19)5-11/h4-6,8-9,16,19,22H,7,17H2,1-3H3. The number of rotatable bonds is 7. The number of phenols is 1. The van der Waals surface area contributed by atoms with E-state index in [1.807, 2.05) is 0 Å². The number of aliphatic hydroxyl groups excluding tert-OH is 1. The minimum absolute atomic E-state index is 0.116. The van der Waals surface area contributed by atoms with Crippen LogP contribution in [0.2, 0.25) is 0 Å². The summed E-state index contributed by atoms with van der Waals surface area (Å²) in [5.41, 5.74) is 6.14. The van der Waals surface area contributed by atoms with Crippen molar-refractivity contribution >= 4 is 23.0 Å². The molecule has 0 aromatic heterocycles. The highest BCUT2D eigenvalue weighted by Crippen LogP contribution is 2.28. The molecule has 0 saturated heterocycles. The summed E-state index contributed by atoms with van der Waals surface area (Å²) in [7, 11) is 0. The number of aliphatic hydroxyl groups is 1. The lowest BCUT2D eigenvalue weighted by Crippen LogP contribution is -2.26. The van der Waals surface area contributed by atoms with E-state index in [1.165, 1.54) is 39.0 Å². The Morgan fingerprint density at radius 3 is 2.23 bits per heavy atom. The molecule has 6 heteroatoms. The van der Waals surface area contributed by atoms with Gasteiger partial charge in [0.2, 0.25) is 0 Å². The van der Waals surface area contributed by atoms with Crippen LogP contribution in [0.3, 0.4) is 0 Å². The number of aromatic hydroxyl groups is 1. The monoisotopic (exact) mass is 307 g/mol. The molecule has 3 atom stereocenters. The molecule has 1 aromatic carbocycles. The summed E-state index contributed by atoms with van der Waals surface area (Å²) in [5, 5.41) is 19.7. The van der Waals surface area contributed by atoms with Crippen LogP contribution < -0.4 is 5.73 Å². The van der Waals surface area contributed by atoms with Crippen LogP contribution >= 0.6 is 0 Å². The second kappa shape index (κ2) is 7.17. The zero-order valence-corrected chi connectivity index (χ0v) is 12.9. The number of phenolic OH excluding ortho intramolecular Hbond substituents is 1. The van der Waals surface area contributed by atoms with Crippen LogP contribution in [-0.2, 0) is 14.4 Å². The maximum atomic E-state index is 12.1. The third-order valence-electron chi connectivity index (χ3n) is 3.73. The number of ketones is 3. The highest BCUT2D eigenvalue weighted by atomic mass is 16.3. The molecule has 6 nitrogen and oxygen atoms in total. The highest BCUT2D eigenvalue weighted by Gasteiger charge is 2.28. The number of benzene rings is 1. The molecule has 22 heavy (non-hydrogen) atoms. The van der Waals surface area contributed by atoms with Crippen LogP contribution in [0.4, 0.5) is 5.69 Å². The Bertz CT molecular complexity index is 576. The first-order valence-electron chi connectivity index (χ1n) is 6.96. The van der Waals surface area contributed by atoms with E-state index in [1.54, 1.807) is 0 Å². The van der Waals surface area contributed by atoms with E-state index in [0.717, 1.165) is 0 Å². The maximum absolute atomic E-state index is 12.1. The number of nitrogens with two attached hydrogens (primary N) is 1. The first kappa shape index (κ1) is 17.8. The highest BCUT2D eigenvalue weighted by molar-refractivity contribution is 6.09. The number of hydrogen-bond donors (Lipinski definition) is 3. The lowest BCUT2D eigenvalue weighted by Gasteiger charge is -2.19. The van der Waals surface area contributed by atoms with Crippen molar-refractivity contribution in [3.05, 3.63) is 23.8 Å². The Morgan fingerprint density at radius 1 is 1.14 bits per heavy atom. The summed E-state index contributed by atoms with van der Waals surface area (Å²) in [5.74, 6) is -3.03. The average molecular weight is 307 g/mol. The molecule has 0 aliphatic heterocycles. The molecule has 0 amide bonds. The number of carbonyl (C=O) groups is 3. The maximum Gasteiger partial charge on any atom is 0.150 e. The largest absolute Gasteiger partial charge is 0.508 e. The van der Waals surface area contributed by atoms with Crippen molar-refractivity contribution in [3.63, 3.8) is 0 Å². The molecule has 0 bridgehead atoms. The molecule has 0 spiro atoms. The predicted molar refractivity (Wildman–Crippen MR) is 81.1 cm³/mol. The van der Waals surface area contributed by atoms with E-state index in [0.29, 0.717) is 5.56 Å². The van der Waals surface area contributed by atoms with Crippen molar-refractivity contribution in [1.29, 1.82) is 0 Å². The third-order valence-corrected chi connectivity index (χ3v) is 3.73. The molecular formula is C16H21NO5. The number of carbonyl (C=O) groups excluding carboxylic acids is 3. The van der Waals surface area contributed by atoms with Crippen molar-refractivity contribution in [2.75, 3.05) is 5.73 Å². The minimum atomic E-state index is -1.19. The van der Waals surface area contributed by atoms with E-state index in [4.69, 9.17) is 5.73 Å². The van der Waals surface area contributed by atoms with Gasteiger partial charge in [-0.3, -0.25) is 14.4 Å². The lowest BCUT2D eigenvalue weighted by atomic mass is 9.88. The van der Waals surface area contributed by atoms with Crippen LogP contribution in [-0.4, -0.2) is 27.6 Å². The zero-order chi connectivity index (χ0) is 17.0. The Hall–Kier alpha value is -2.21. The minimum Gasteiger partial charge on any atom is -0.508 e. The molecular weight excluding hydrogens is 286 g/mol. The molecule has 0 radical (unpaired) electrons. The van der Waals surface area contributed by atoms with Crippen molar-refractivity contribution in [2.24, 2.45) is 11.8 Å². The number of anilines is 1. The molecule has 0 saturated carbocycles. The van der Waals surface area contributed by atoms with Gasteiger partial charge in [0.15, 0.2) is 0 Å². The second-order valence-electron chi connectivity index (χ2n) is 5.53. The molecule has 0 aliphatic rings. The van der Waals surface area contributed by atoms with Gasteiger partial charge in [-0.2, -0.15) is 0 Å². The first-order valence-corrected chi connectivity index (χ1v) is 6.96. The van der Waals surface area contributed by atoms with Gasteiger partial charge in [-0.1, -0.05) is 6.92 Å². The lowest BCUT2D eigenvalue weighted by molar-refractivity contribution is -0.135. The van der Waals surface area contributed by atoms with Gasteiger partial charge >= 0.3 is 0 Å². The molecule has 0 heterocycles. The fourth-order valence-corrected chi connectivity index (χ4v) is 2.01. The molecule has 120 valence electrons. The zero-order valence-electron chi connectivity index (χ0n) is 12.9. The van der Waals surface area contributed by atoms with Gasteiger partial charge in [0, 0.05) is 17.7 Å². The Morgan fingerprint density at radius 2 is 1.73 bits per heavy atom. The van der Waals surface area contributed by atoms with E-state index in [9.17, 15) is 24.6 Å². The first-order chi connectivity index (χ1) is 10.1. The molecule has 0 aliphatic carbocycles. The van der Waals surface area contributed by atoms with Gasteiger partial charge in [0.25, 0.3) is 0 Å². The van der Waals surface area contributed by atoms with Crippen LogP contribution in [0.5, 0.6) is 5.75 Å². The number of Topliss-reactive ketones (excluding diaryl/α,β-unsaturated/α-hetero) is 3. The Labute approximate surface area is 128 Å². The Kier molecular flexibility index (Phi) is 5.82.